The van der Waals surface area contributed by atoms with E-state index in [-0.39, 0.29) is 24.2 Å². The van der Waals surface area contributed by atoms with Gasteiger partial charge in [-0.15, -0.1) is 6.58 Å². The zero-order valence-corrected chi connectivity index (χ0v) is 12.2. The number of nitrogens with one attached hydrogen (secondary N) is 1. The lowest BCUT2D eigenvalue weighted by atomic mass is 9.98. The first kappa shape index (κ1) is 17.3. The third kappa shape index (κ3) is 6.31. The van der Waals surface area contributed by atoms with Crippen LogP contribution in [-0.4, -0.2) is 30.7 Å². The van der Waals surface area contributed by atoms with E-state index in [4.69, 9.17) is 17.2 Å². The number of hydrogen-bond acceptors (Lipinski definition) is 4. The summed E-state index contributed by atoms with van der Waals surface area (Å²) in [6.07, 6.45) is 3.63. The molecule has 4 atom stereocenters. The molecule has 0 aromatic rings. The average molecular weight is 254 g/mol. The van der Waals surface area contributed by atoms with Crippen molar-refractivity contribution < 1.29 is 0 Å². The van der Waals surface area contributed by atoms with Crippen molar-refractivity contribution in [1.29, 1.82) is 0 Å². The zero-order valence-electron chi connectivity index (χ0n) is 12.2. The normalized spacial score (nSPS) is 19.4. The van der Waals surface area contributed by atoms with E-state index < -0.39 is 0 Å². The minimum atomic E-state index is -0.203. The maximum absolute atomic E-state index is 6.14. The fourth-order valence-electron chi connectivity index (χ4n) is 1.60. The first-order valence-electron chi connectivity index (χ1n) is 6.60. The van der Waals surface area contributed by atoms with Gasteiger partial charge in [-0.25, -0.2) is 0 Å². The van der Waals surface area contributed by atoms with Gasteiger partial charge in [0.15, 0.2) is 0 Å². The molecule has 0 aliphatic heterocycles. The molecule has 0 aliphatic rings. The minimum absolute atomic E-state index is 0.129. The molecule has 4 nitrogen and oxygen atoms in total. The average Bonchev–Trinajstić information content (AvgIpc) is 2.33. The predicted octanol–water partition coefficient (Wildman–Crippen LogP) is 0.735. The molecule has 4 heteroatoms. The minimum Gasteiger partial charge on any atom is -0.325 e. The lowest BCUT2D eigenvalue weighted by molar-refractivity contribution is 0.404. The smallest absolute Gasteiger partial charge is 0.0435 e. The highest BCUT2D eigenvalue weighted by Crippen LogP contribution is 2.05. The largest absolute Gasteiger partial charge is 0.325 e. The van der Waals surface area contributed by atoms with Gasteiger partial charge >= 0.3 is 0 Å². The van der Waals surface area contributed by atoms with Crippen LogP contribution in [0, 0.1) is 5.92 Å². The Labute approximate surface area is 112 Å². The van der Waals surface area contributed by atoms with Crippen molar-refractivity contribution in [2.24, 2.45) is 23.1 Å². The molecule has 106 valence electrons. The lowest BCUT2D eigenvalue weighted by Crippen LogP contribution is -2.53. The van der Waals surface area contributed by atoms with Crippen LogP contribution < -0.4 is 22.5 Å². The summed E-state index contributed by atoms with van der Waals surface area (Å²) in [5.41, 5.74) is 19.1. The van der Waals surface area contributed by atoms with Gasteiger partial charge in [-0.05, 0) is 26.3 Å². The quantitative estimate of drug-likeness (QED) is 0.481. The van der Waals surface area contributed by atoms with Gasteiger partial charge in [0.1, 0.15) is 0 Å². The van der Waals surface area contributed by atoms with Crippen molar-refractivity contribution in [2.45, 2.75) is 51.9 Å². The van der Waals surface area contributed by atoms with Crippen molar-refractivity contribution in [1.82, 2.24) is 5.32 Å². The molecule has 0 aromatic heterocycles. The third-order valence-corrected chi connectivity index (χ3v) is 3.10. The van der Waals surface area contributed by atoms with Crippen LogP contribution in [0.1, 0.15) is 27.7 Å². The summed E-state index contributed by atoms with van der Waals surface area (Å²) in [4.78, 5) is 0. The molecule has 0 fully saturated rings. The molecule has 0 aliphatic carbocycles. The SMILES string of the molecule is C=CC(N)/C(C)=C\C(N)C(N)[C@H](C)NCC(C)C. The van der Waals surface area contributed by atoms with Crippen molar-refractivity contribution in [3.05, 3.63) is 24.3 Å². The summed E-state index contributed by atoms with van der Waals surface area (Å²) in [5, 5.41) is 3.39. The van der Waals surface area contributed by atoms with E-state index >= 15 is 0 Å². The molecular weight excluding hydrogens is 224 g/mol. The van der Waals surface area contributed by atoms with E-state index in [2.05, 4.69) is 32.7 Å². The molecule has 0 radical (unpaired) electrons. The van der Waals surface area contributed by atoms with E-state index in [1.807, 2.05) is 13.0 Å². The molecule has 0 amide bonds. The molecular formula is C14H30N4. The van der Waals surface area contributed by atoms with Gasteiger partial charge in [0.25, 0.3) is 0 Å². The maximum atomic E-state index is 6.14. The second-order valence-corrected chi connectivity index (χ2v) is 5.42. The van der Waals surface area contributed by atoms with Crippen LogP contribution in [0.2, 0.25) is 0 Å². The van der Waals surface area contributed by atoms with E-state index in [1.54, 1.807) is 6.08 Å². The summed E-state index contributed by atoms with van der Waals surface area (Å²) in [6.45, 7) is 12.9. The Morgan fingerprint density at radius 1 is 1.22 bits per heavy atom. The molecule has 0 heterocycles. The maximum Gasteiger partial charge on any atom is 0.0435 e. The Kier molecular flexibility index (Phi) is 8.11. The molecule has 3 unspecified atom stereocenters. The summed E-state index contributed by atoms with van der Waals surface area (Å²) in [5.74, 6) is 0.599. The fraction of sp³-hybridized carbons (Fsp3) is 0.714. The van der Waals surface area contributed by atoms with E-state index in [0.717, 1.165) is 12.1 Å². The van der Waals surface area contributed by atoms with E-state index in [1.165, 1.54) is 0 Å². The number of nitrogens with two attached hydrogens (primary N) is 3. The van der Waals surface area contributed by atoms with Crippen LogP contribution in [0.25, 0.3) is 0 Å². The molecule has 0 bridgehead atoms. The highest BCUT2D eigenvalue weighted by atomic mass is 15.0. The van der Waals surface area contributed by atoms with Gasteiger partial charge in [-0.2, -0.15) is 0 Å². The van der Waals surface area contributed by atoms with Gasteiger partial charge in [-0.1, -0.05) is 31.6 Å². The van der Waals surface area contributed by atoms with Crippen LogP contribution in [0.15, 0.2) is 24.3 Å². The first-order chi connectivity index (χ1) is 8.29. The van der Waals surface area contributed by atoms with Gasteiger partial charge in [-0.3, -0.25) is 0 Å². The highest BCUT2D eigenvalue weighted by Gasteiger charge is 2.18. The lowest BCUT2D eigenvalue weighted by Gasteiger charge is -2.26. The van der Waals surface area contributed by atoms with E-state index in [0.29, 0.717) is 5.92 Å². The topological polar surface area (TPSA) is 90.1 Å². The Morgan fingerprint density at radius 3 is 2.22 bits per heavy atom. The van der Waals surface area contributed by atoms with Gasteiger partial charge in [0, 0.05) is 24.2 Å². The monoisotopic (exact) mass is 254 g/mol. The Bertz CT molecular complexity index is 273. The van der Waals surface area contributed by atoms with Crippen LogP contribution in [0.3, 0.4) is 0 Å². The molecule has 0 aromatic carbocycles. The summed E-state index contributed by atoms with van der Waals surface area (Å²) in [7, 11) is 0. The second kappa shape index (κ2) is 8.43. The highest BCUT2D eigenvalue weighted by molar-refractivity contribution is 5.17. The van der Waals surface area contributed by atoms with Crippen molar-refractivity contribution in [3.8, 4) is 0 Å². The second-order valence-electron chi connectivity index (χ2n) is 5.42. The molecule has 0 spiro atoms. The predicted molar refractivity (Wildman–Crippen MR) is 80.2 cm³/mol. The first-order valence-corrected chi connectivity index (χ1v) is 6.60. The molecule has 7 N–H and O–H groups in total. The van der Waals surface area contributed by atoms with Crippen LogP contribution in [-0.2, 0) is 0 Å². The van der Waals surface area contributed by atoms with Crippen molar-refractivity contribution in [3.63, 3.8) is 0 Å². The summed E-state index contributed by atoms with van der Waals surface area (Å²) in [6, 6.07) is -0.310. The molecule has 0 rings (SSSR count). The van der Waals surface area contributed by atoms with E-state index in [9.17, 15) is 0 Å². The number of hydrogen-bond donors (Lipinski definition) is 4. The van der Waals surface area contributed by atoms with Crippen LogP contribution >= 0.6 is 0 Å². The molecule has 0 saturated carbocycles. The van der Waals surface area contributed by atoms with Gasteiger partial charge < -0.3 is 22.5 Å². The summed E-state index contributed by atoms with van der Waals surface area (Å²) >= 11 is 0. The van der Waals surface area contributed by atoms with Gasteiger partial charge in [0.2, 0.25) is 0 Å². The zero-order chi connectivity index (χ0) is 14.3. The Hall–Kier alpha value is -0.680. The van der Waals surface area contributed by atoms with Gasteiger partial charge in [0.05, 0.1) is 0 Å². The summed E-state index contributed by atoms with van der Waals surface area (Å²) < 4.78 is 0. The fourth-order valence-corrected chi connectivity index (χ4v) is 1.60. The Balaban J connectivity index is 4.40. The van der Waals surface area contributed by atoms with Crippen molar-refractivity contribution >= 4 is 0 Å². The third-order valence-electron chi connectivity index (χ3n) is 3.10. The standard InChI is InChI=1S/C14H30N4/c1-6-12(15)10(4)7-13(16)14(17)11(5)18-8-9(2)3/h6-7,9,11-14,18H,1,8,15-17H2,2-5H3/b10-7-/t11-,12?,13?,14?/m0/s1. The van der Waals surface area contributed by atoms with Crippen molar-refractivity contribution in [2.75, 3.05) is 6.54 Å². The molecule has 18 heavy (non-hydrogen) atoms. The Morgan fingerprint density at radius 2 is 1.78 bits per heavy atom. The van der Waals surface area contributed by atoms with Crippen LogP contribution in [0.5, 0.6) is 0 Å². The number of rotatable bonds is 8. The molecule has 0 saturated heterocycles. The van der Waals surface area contributed by atoms with Crippen LogP contribution in [0.4, 0.5) is 0 Å².